The number of methoxy groups -OCH3 is 1. The minimum Gasteiger partial charge on any atom is -0.452 e. The maximum Gasteiger partial charge on any atom is 0.418 e. The van der Waals surface area contributed by atoms with Crippen molar-refractivity contribution in [1.82, 2.24) is 4.57 Å². The molecule has 0 spiro atoms. The Labute approximate surface area is 96.1 Å². The van der Waals surface area contributed by atoms with Gasteiger partial charge >= 0.3 is 6.09 Å². The van der Waals surface area contributed by atoms with Crippen LogP contribution in [0.2, 0.25) is 10.0 Å². The van der Waals surface area contributed by atoms with E-state index in [0.29, 0.717) is 15.6 Å². The Morgan fingerprint density at radius 3 is 2.60 bits per heavy atom. The number of hydrogen-bond donors (Lipinski definition) is 0. The van der Waals surface area contributed by atoms with E-state index >= 15 is 0 Å². The summed E-state index contributed by atoms with van der Waals surface area (Å²) in [5.74, 6) is 0. The summed E-state index contributed by atoms with van der Waals surface area (Å²) < 4.78 is 5.94. The quantitative estimate of drug-likeness (QED) is 0.709. The molecule has 15 heavy (non-hydrogen) atoms. The fourth-order valence-corrected chi connectivity index (χ4v) is 1.91. The van der Waals surface area contributed by atoms with Crippen molar-refractivity contribution in [2.24, 2.45) is 0 Å². The van der Waals surface area contributed by atoms with Gasteiger partial charge in [0.25, 0.3) is 0 Å². The second kappa shape index (κ2) is 3.76. The van der Waals surface area contributed by atoms with E-state index in [0.717, 1.165) is 5.39 Å². The zero-order chi connectivity index (χ0) is 11.0. The van der Waals surface area contributed by atoms with Crippen molar-refractivity contribution in [3.05, 3.63) is 34.4 Å². The van der Waals surface area contributed by atoms with Gasteiger partial charge in [-0.3, -0.25) is 4.57 Å². The molecule has 0 N–H and O–H groups in total. The van der Waals surface area contributed by atoms with Crippen molar-refractivity contribution in [2.45, 2.75) is 0 Å². The third-order valence-electron chi connectivity index (χ3n) is 2.12. The molecule has 78 valence electrons. The molecule has 2 rings (SSSR count). The number of aromatic nitrogens is 1. The molecule has 1 aromatic heterocycles. The number of hydrogen-bond acceptors (Lipinski definition) is 2. The predicted molar refractivity (Wildman–Crippen MR) is 59.8 cm³/mol. The third-order valence-corrected chi connectivity index (χ3v) is 2.75. The van der Waals surface area contributed by atoms with Gasteiger partial charge in [0.1, 0.15) is 0 Å². The molecule has 1 aromatic carbocycles. The van der Waals surface area contributed by atoms with Crippen molar-refractivity contribution in [2.75, 3.05) is 7.11 Å². The van der Waals surface area contributed by atoms with Gasteiger partial charge in [-0.2, -0.15) is 0 Å². The Kier molecular flexibility index (Phi) is 2.59. The minimum absolute atomic E-state index is 0.463. The van der Waals surface area contributed by atoms with Gasteiger partial charge in [0, 0.05) is 11.6 Å². The lowest BCUT2D eigenvalue weighted by atomic mass is 10.2. The van der Waals surface area contributed by atoms with Crippen LogP contribution in [-0.2, 0) is 4.74 Å². The van der Waals surface area contributed by atoms with E-state index < -0.39 is 6.09 Å². The van der Waals surface area contributed by atoms with Crippen LogP contribution in [0.5, 0.6) is 0 Å². The molecule has 0 fully saturated rings. The van der Waals surface area contributed by atoms with Gasteiger partial charge in [0.05, 0.1) is 22.7 Å². The first-order valence-corrected chi connectivity index (χ1v) is 4.94. The molecular formula is C10H7Cl2NO2. The number of rotatable bonds is 0. The van der Waals surface area contributed by atoms with Crippen molar-refractivity contribution in [1.29, 1.82) is 0 Å². The summed E-state index contributed by atoms with van der Waals surface area (Å²) >= 11 is 12.0. The molecule has 0 saturated heterocycles. The first-order chi connectivity index (χ1) is 7.15. The van der Waals surface area contributed by atoms with Crippen LogP contribution in [-0.4, -0.2) is 17.8 Å². The topological polar surface area (TPSA) is 31.2 Å². The molecule has 0 aliphatic rings. The summed E-state index contributed by atoms with van der Waals surface area (Å²) in [6.07, 6.45) is 1.09. The Balaban J connectivity index is 2.79. The number of carbonyl (C=O) groups is 1. The highest BCUT2D eigenvalue weighted by atomic mass is 35.5. The van der Waals surface area contributed by atoms with Crippen LogP contribution >= 0.6 is 23.2 Å². The molecule has 2 aromatic rings. The molecule has 0 aliphatic carbocycles. The number of fused-ring (bicyclic) bond motifs is 1. The first kappa shape index (κ1) is 10.3. The molecule has 5 heteroatoms. The van der Waals surface area contributed by atoms with Crippen molar-refractivity contribution in [3.63, 3.8) is 0 Å². The summed E-state index contributed by atoms with van der Waals surface area (Å²) in [5.41, 5.74) is 0.566. The van der Waals surface area contributed by atoms with E-state index in [-0.39, 0.29) is 0 Å². The van der Waals surface area contributed by atoms with Crippen LogP contribution in [0.15, 0.2) is 24.4 Å². The molecule has 1 heterocycles. The molecule has 0 bridgehead atoms. The zero-order valence-corrected chi connectivity index (χ0v) is 9.34. The SMILES string of the molecule is COC(=O)n1ccc2c(Cl)ccc(Cl)c21. The monoisotopic (exact) mass is 243 g/mol. The Bertz CT molecular complexity index is 533. The second-order valence-corrected chi connectivity index (χ2v) is 3.76. The normalized spacial score (nSPS) is 10.6. The van der Waals surface area contributed by atoms with E-state index in [2.05, 4.69) is 4.74 Å². The third kappa shape index (κ3) is 1.58. The lowest BCUT2D eigenvalue weighted by Crippen LogP contribution is -2.09. The van der Waals surface area contributed by atoms with Gasteiger partial charge < -0.3 is 4.74 Å². The average molecular weight is 244 g/mol. The molecular weight excluding hydrogens is 237 g/mol. The van der Waals surface area contributed by atoms with Crippen molar-refractivity contribution < 1.29 is 9.53 Å². The van der Waals surface area contributed by atoms with E-state index in [9.17, 15) is 4.79 Å². The Morgan fingerprint density at radius 1 is 1.27 bits per heavy atom. The fraction of sp³-hybridized carbons (Fsp3) is 0.100. The molecule has 0 unspecified atom stereocenters. The van der Waals surface area contributed by atoms with E-state index in [1.807, 2.05) is 0 Å². The van der Waals surface area contributed by atoms with Gasteiger partial charge in [-0.05, 0) is 18.2 Å². The standard InChI is InChI=1S/C10H7Cl2NO2/c1-15-10(14)13-5-4-6-7(11)2-3-8(12)9(6)13/h2-5H,1H3. The molecule has 3 nitrogen and oxygen atoms in total. The number of ether oxygens (including phenoxy) is 1. The van der Waals surface area contributed by atoms with Gasteiger partial charge in [-0.25, -0.2) is 4.79 Å². The maximum absolute atomic E-state index is 11.4. The van der Waals surface area contributed by atoms with Crippen LogP contribution in [0.25, 0.3) is 10.9 Å². The van der Waals surface area contributed by atoms with Crippen LogP contribution in [0.3, 0.4) is 0 Å². The molecule has 0 radical (unpaired) electrons. The van der Waals surface area contributed by atoms with Crippen LogP contribution in [0, 0.1) is 0 Å². The summed E-state index contributed by atoms with van der Waals surface area (Å²) in [7, 11) is 1.31. The van der Waals surface area contributed by atoms with E-state index in [1.165, 1.54) is 11.7 Å². The number of halogens is 2. The van der Waals surface area contributed by atoms with Gasteiger partial charge in [0.15, 0.2) is 0 Å². The lowest BCUT2D eigenvalue weighted by molar-refractivity contribution is 0.174. The molecule has 0 atom stereocenters. The second-order valence-electron chi connectivity index (χ2n) is 2.95. The van der Waals surface area contributed by atoms with Crippen molar-refractivity contribution in [3.8, 4) is 0 Å². The average Bonchev–Trinajstić information content (AvgIpc) is 2.68. The number of benzene rings is 1. The first-order valence-electron chi connectivity index (χ1n) is 4.18. The summed E-state index contributed by atoms with van der Waals surface area (Å²) in [6, 6.07) is 5.06. The van der Waals surface area contributed by atoms with Gasteiger partial charge in [-0.15, -0.1) is 0 Å². The van der Waals surface area contributed by atoms with E-state index in [1.54, 1.807) is 24.4 Å². The lowest BCUT2D eigenvalue weighted by Gasteiger charge is -2.03. The largest absolute Gasteiger partial charge is 0.452 e. The highest BCUT2D eigenvalue weighted by Gasteiger charge is 2.13. The van der Waals surface area contributed by atoms with Gasteiger partial charge in [-0.1, -0.05) is 23.2 Å². The van der Waals surface area contributed by atoms with Crippen LogP contribution in [0.1, 0.15) is 0 Å². The Morgan fingerprint density at radius 2 is 1.93 bits per heavy atom. The highest BCUT2D eigenvalue weighted by Crippen LogP contribution is 2.30. The molecule has 0 aliphatic heterocycles. The molecule has 0 amide bonds. The van der Waals surface area contributed by atoms with Gasteiger partial charge in [0.2, 0.25) is 0 Å². The number of nitrogens with zero attached hydrogens (tertiary/aromatic N) is 1. The minimum atomic E-state index is -0.492. The smallest absolute Gasteiger partial charge is 0.418 e. The summed E-state index contributed by atoms with van der Waals surface area (Å²) in [6.45, 7) is 0. The highest BCUT2D eigenvalue weighted by molar-refractivity contribution is 6.40. The number of carbonyl (C=O) groups excluding carboxylic acids is 1. The van der Waals surface area contributed by atoms with Crippen LogP contribution in [0.4, 0.5) is 4.79 Å². The Hall–Kier alpha value is -1.19. The molecule has 0 saturated carbocycles. The van der Waals surface area contributed by atoms with Crippen LogP contribution < -0.4 is 0 Å². The summed E-state index contributed by atoms with van der Waals surface area (Å²) in [4.78, 5) is 11.4. The summed E-state index contributed by atoms with van der Waals surface area (Å²) in [5, 5.41) is 1.75. The van der Waals surface area contributed by atoms with E-state index in [4.69, 9.17) is 23.2 Å². The predicted octanol–water partition coefficient (Wildman–Crippen LogP) is 3.56. The van der Waals surface area contributed by atoms with Crippen molar-refractivity contribution >= 4 is 40.2 Å². The fourth-order valence-electron chi connectivity index (χ4n) is 1.43. The maximum atomic E-state index is 11.4. The zero-order valence-electron chi connectivity index (χ0n) is 7.83.